The molecule has 0 radical (unpaired) electrons. The molecule has 0 aromatic heterocycles. The van der Waals surface area contributed by atoms with E-state index in [0.29, 0.717) is 11.5 Å². The van der Waals surface area contributed by atoms with E-state index in [1.54, 1.807) is 6.07 Å². The Hall–Kier alpha value is -2.16. The molecule has 2 aromatic carbocycles. The first-order valence-electron chi connectivity index (χ1n) is 10.2. The lowest BCUT2D eigenvalue weighted by atomic mass is 10.0. The third kappa shape index (κ3) is 6.41. The van der Waals surface area contributed by atoms with Gasteiger partial charge in [-0.15, -0.1) is 0 Å². The molecule has 1 saturated heterocycles. The number of anilines is 1. The highest BCUT2D eigenvalue weighted by Crippen LogP contribution is 2.26. The monoisotopic (exact) mass is 467 g/mol. The molecule has 6 nitrogen and oxygen atoms in total. The molecule has 1 aliphatic heterocycles. The fourth-order valence-electron chi connectivity index (χ4n) is 3.61. The predicted molar refractivity (Wildman–Crippen MR) is 120 cm³/mol. The second-order valence-electron chi connectivity index (χ2n) is 8.20. The quantitative estimate of drug-likeness (QED) is 0.641. The molecule has 1 amide bonds. The van der Waals surface area contributed by atoms with Gasteiger partial charge < -0.3 is 10.2 Å². The maximum atomic E-state index is 13.1. The van der Waals surface area contributed by atoms with Crippen LogP contribution in [0.3, 0.4) is 0 Å². The molecule has 168 valence electrons. The first-order chi connectivity index (χ1) is 14.6. The average Bonchev–Trinajstić information content (AvgIpc) is 2.71. The van der Waals surface area contributed by atoms with E-state index in [1.807, 2.05) is 0 Å². The zero-order chi connectivity index (χ0) is 22.6. The third-order valence-corrected chi connectivity index (χ3v) is 6.85. The van der Waals surface area contributed by atoms with Gasteiger partial charge in [0.2, 0.25) is 0 Å². The number of piperidine rings is 1. The number of amides is 1. The van der Waals surface area contributed by atoms with Crippen LogP contribution in [0.5, 0.6) is 0 Å². The van der Waals surface area contributed by atoms with Crippen molar-refractivity contribution in [2.75, 3.05) is 24.4 Å². The summed E-state index contributed by atoms with van der Waals surface area (Å²) in [7, 11) is -3.98. The molecule has 31 heavy (non-hydrogen) atoms. The molecular weight excluding hydrogens is 441 g/mol. The van der Waals surface area contributed by atoms with Crippen molar-refractivity contribution in [1.82, 2.24) is 10.2 Å². The minimum absolute atomic E-state index is 0.0750. The van der Waals surface area contributed by atoms with Crippen molar-refractivity contribution in [2.45, 2.75) is 37.6 Å². The first kappa shape index (κ1) is 23.5. The highest BCUT2D eigenvalue weighted by Gasteiger charge is 2.22. The molecule has 1 heterocycles. The first-order valence-corrected chi connectivity index (χ1v) is 12.1. The Kier molecular flexibility index (Phi) is 7.56. The number of benzene rings is 2. The fraction of sp³-hybridized carbons (Fsp3) is 0.409. The number of sulfonamides is 1. The van der Waals surface area contributed by atoms with Crippen molar-refractivity contribution in [1.29, 1.82) is 0 Å². The van der Waals surface area contributed by atoms with Gasteiger partial charge in [0.1, 0.15) is 5.82 Å². The molecular formula is C22H27ClFN3O3S. The number of rotatable bonds is 7. The van der Waals surface area contributed by atoms with Crippen LogP contribution in [-0.4, -0.2) is 44.9 Å². The van der Waals surface area contributed by atoms with Gasteiger partial charge in [0.25, 0.3) is 15.9 Å². The summed E-state index contributed by atoms with van der Waals surface area (Å²) in [6, 6.07) is 8.96. The molecule has 2 aromatic rings. The highest BCUT2D eigenvalue weighted by atomic mass is 35.5. The van der Waals surface area contributed by atoms with Crippen LogP contribution in [0.15, 0.2) is 47.4 Å². The molecule has 1 aliphatic rings. The minimum atomic E-state index is -3.98. The smallest absolute Gasteiger partial charge is 0.261 e. The Labute approximate surface area is 187 Å². The van der Waals surface area contributed by atoms with E-state index in [1.165, 1.54) is 12.1 Å². The summed E-state index contributed by atoms with van der Waals surface area (Å²) in [4.78, 5) is 15.0. The minimum Gasteiger partial charge on any atom is -0.349 e. The summed E-state index contributed by atoms with van der Waals surface area (Å²) in [5, 5.41) is 3.19. The number of carbonyl (C=O) groups is 1. The average molecular weight is 468 g/mol. The summed E-state index contributed by atoms with van der Waals surface area (Å²) in [6.07, 6.45) is 1.74. The zero-order valence-electron chi connectivity index (χ0n) is 17.6. The van der Waals surface area contributed by atoms with Crippen molar-refractivity contribution < 1.29 is 17.6 Å². The second-order valence-corrected chi connectivity index (χ2v) is 10.3. The number of nitrogens with one attached hydrogen (secondary N) is 2. The van der Waals surface area contributed by atoms with Crippen LogP contribution in [0.2, 0.25) is 5.02 Å². The van der Waals surface area contributed by atoms with E-state index in [0.717, 1.165) is 56.7 Å². The number of nitrogens with zero attached hydrogens (tertiary/aromatic N) is 1. The second kappa shape index (κ2) is 9.97. The zero-order valence-corrected chi connectivity index (χ0v) is 19.1. The van der Waals surface area contributed by atoms with Crippen LogP contribution in [0.4, 0.5) is 10.1 Å². The van der Waals surface area contributed by atoms with Crippen molar-refractivity contribution >= 4 is 33.2 Å². The summed E-state index contributed by atoms with van der Waals surface area (Å²) in [5.41, 5.74) is 0.399. The lowest BCUT2D eigenvalue weighted by Gasteiger charge is -2.33. The van der Waals surface area contributed by atoms with Gasteiger partial charge in [0.15, 0.2) is 0 Å². The Morgan fingerprint density at radius 2 is 1.81 bits per heavy atom. The Morgan fingerprint density at radius 3 is 2.42 bits per heavy atom. The molecule has 0 bridgehead atoms. The predicted octanol–water partition coefficient (Wildman–Crippen LogP) is 4.13. The molecule has 0 saturated carbocycles. The summed E-state index contributed by atoms with van der Waals surface area (Å²) >= 11 is 6.14. The highest BCUT2D eigenvalue weighted by molar-refractivity contribution is 7.92. The van der Waals surface area contributed by atoms with Gasteiger partial charge in [0, 0.05) is 31.2 Å². The molecule has 0 unspecified atom stereocenters. The number of hydrogen-bond acceptors (Lipinski definition) is 4. The van der Waals surface area contributed by atoms with E-state index in [9.17, 15) is 17.6 Å². The normalized spacial score (nSPS) is 15.8. The van der Waals surface area contributed by atoms with E-state index < -0.39 is 15.8 Å². The van der Waals surface area contributed by atoms with Crippen molar-refractivity contribution in [3.63, 3.8) is 0 Å². The van der Waals surface area contributed by atoms with E-state index in [2.05, 4.69) is 28.8 Å². The molecule has 1 fully saturated rings. The van der Waals surface area contributed by atoms with Gasteiger partial charge >= 0.3 is 0 Å². The third-order valence-electron chi connectivity index (χ3n) is 5.14. The van der Waals surface area contributed by atoms with Crippen LogP contribution in [0.1, 0.15) is 37.0 Å². The Morgan fingerprint density at radius 1 is 1.16 bits per heavy atom. The Balaban J connectivity index is 1.66. The molecule has 9 heteroatoms. The number of carbonyl (C=O) groups excluding carboxylic acids is 1. The van der Waals surface area contributed by atoms with Crippen molar-refractivity contribution in [2.24, 2.45) is 5.92 Å². The standard InChI is InChI=1S/C22H27ClFN3O3S/c1-15(2)14-27-11-9-18(10-12-27)25-22(28)16-3-8-20(23)21(13-16)26-31(29,30)19-6-4-17(24)5-7-19/h3-8,13,15,18,26H,9-12,14H2,1-2H3,(H,25,28). The Bertz CT molecular complexity index is 1020. The van der Waals surface area contributed by atoms with Gasteiger partial charge in [-0.05, 0) is 61.2 Å². The van der Waals surface area contributed by atoms with Crippen LogP contribution >= 0.6 is 11.6 Å². The van der Waals surface area contributed by atoms with Gasteiger partial charge in [-0.25, -0.2) is 12.8 Å². The number of hydrogen-bond donors (Lipinski definition) is 2. The molecule has 0 atom stereocenters. The summed E-state index contributed by atoms with van der Waals surface area (Å²) in [6.45, 7) is 7.31. The van der Waals surface area contributed by atoms with E-state index in [-0.39, 0.29) is 27.6 Å². The van der Waals surface area contributed by atoms with Crippen LogP contribution < -0.4 is 10.0 Å². The summed E-state index contributed by atoms with van der Waals surface area (Å²) in [5.74, 6) is -0.204. The van der Waals surface area contributed by atoms with Crippen molar-refractivity contribution in [3.05, 3.63) is 58.9 Å². The fourth-order valence-corrected chi connectivity index (χ4v) is 4.90. The molecule has 2 N–H and O–H groups in total. The largest absolute Gasteiger partial charge is 0.349 e. The van der Waals surface area contributed by atoms with Crippen LogP contribution in [0, 0.1) is 11.7 Å². The maximum Gasteiger partial charge on any atom is 0.261 e. The van der Waals surface area contributed by atoms with Gasteiger partial charge in [0.05, 0.1) is 15.6 Å². The SMILES string of the molecule is CC(C)CN1CCC(NC(=O)c2ccc(Cl)c(NS(=O)(=O)c3ccc(F)cc3)c2)CC1. The topological polar surface area (TPSA) is 78.5 Å². The number of likely N-dealkylation sites (tertiary alicyclic amines) is 1. The lowest BCUT2D eigenvalue weighted by molar-refractivity contribution is 0.0907. The van der Waals surface area contributed by atoms with Crippen LogP contribution in [-0.2, 0) is 10.0 Å². The summed E-state index contributed by atoms with van der Waals surface area (Å²) < 4.78 is 40.6. The van der Waals surface area contributed by atoms with E-state index in [4.69, 9.17) is 11.6 Å². The van der Waals surface area contributed by atoms with Crippen LogP contribution in [0.25, 0.3) is 0 Å². The van der Waals surface area contributed by atoms with Crippen molar-refractivity contribution in [3.8, 4) is 0 Å². The maximum absolute atomic E-state index is 13.1. The van der Waals surface area contributed by atoms with Gasteiger partial charge in [-0.2, -0.15) is 0 Å². The lowest BCUT2D eigenvalue weighted by Crippen LogP contribution is -2.45. The van der Waals surface area contributed by atoms with E-state index >= 15 is 0 Å². The molecule has 0 spiro atoms. The van der Waals surface area contributed by atoms with Gasteiger partial charge in [-0.1, -0.05) is 25.4 Å². The van der Waals surface area contributed by atoms with Gasteiger partial charge in [-0.3, -0.25) is 9.52 Å². The molecule has 3 rings (SSSR count). The number of halogens is 2. The molecule has 0 aliphatic carbocycles.